The molecule has 0 saturated heterocycles. The zero-order chi connectivity index (χ0) is 48.1. The number of phosphoric ester groups is 1. The number of esters is 2. The van der Waals surface area contributed by atoms with Crippen molar-refractivity contribution in [1.82, 2.24) is 0 Å². The third kappa shape index (κ3) is 51.6. The summed E-state index contributed by atoms with van der Waals surface area (Å²) in [5.74, 6) is -0.826. The Morgan fingerprint density at radius 2 is 0.788 bits per heavy atom. The van der Waals surface area contributed by atoms with Crippen LogP contribution in [0.15, 0.2) is 36.5 Å². The van der Waals surface area contributed by atoms with Gasteiger partial charge in [0.2, 0.25) is 0 Å². The molecule has 0 aromatic heterocycles. The van der Waals surface area contributed by atoms with Crippen molar-refractivity contribution in [3.05, 3.63) is 36.5 Å². The summed E-state index contributed by atoms with van der Waals surface area (Å²) < 4.78 is 33.0. The van der Waals surface area contributed by atoms with E-state index >= 15 is 0 Å². The van der Waals surface area contributed by atoms with Gasteiger partial charge in [-0.1, -0.05) is 230 Å². The number of rotatable bonds is 53. The summed E-state index contributed by atoms with van der Waals surface area (Å²) >= 11 is 0. The van der Waals surface area contributed by atoms with Gasteiger partial charge < -0.3 is 20.1 Å². The van der Waals surface area contributed by atoms with E-state index in [2.05, 4.69) is 50.3 Å². The Labute approximate surface area is 407 Å². The maximum Gasteiger partial charge on any atom is 0.472 e. The highest BCUT2D eigenvalue weighted by Gasteiger charge is 2.26. The molecule has 0 aromatic rings. The fraction of sp³-hybridized carbons (Fsp3) is 0.857. The van der Waals surface area contributed by atoms with E-state index in [4.69, 9.17) is 24.3 Å². The first-order valence-electron chi connectivity index (χ1n) is 28.0. The second kappa shape index (κ2) is 52.6. The lowest BCUT2D eigenvalue weighted by atomic mass is 10.0. The van der Waals surface area contributed by atoms with Crippen LogP contribution in [0.2, 0.25) is 0 Å². The average Bonchev–Trinajstić information content (AvgIpc) is 3.31. The molecule has 388 valence electrons. The van der Waals surface area contributed by atoms with Crippen molar-refractivity contribution in [3.63, 3.8) is 0 Å². The number of phosphoric acid groups is 1. The van der Waals surface area contributed by atoms with Crippen LogP contribution >= 0.6 is 7.82 Å². The molecule has 10 heteroatoms. The molecule has 0 aliphatic heterocycles. The van der Waals surface area contributed by atoms with E-state index in [1.165, 1.54) is 186 Å². The van der Waals surface area contributed by atoms with E-state index in [1.807, 2.05) is 0 Å². The molecule has 0 amide bonds. The first-order chi connectivity index (χ1) is 32.3. The molecule has 0 rings (SSSR count). The van der Waals surface area contributed by atoms with Gasteiger partial charge in [-0.3, -0.25) is 18.6 Å². The van der Waals surface area contributed by atoms with Gasteiger partial charge in [0, 0.05) is 19.4 Å². The standard InChI is InChI=1S/C56H106NO8P/c1-3-5-7-9-11-13-15-17-19-21-22-23-24-25-26-27-28-29-30-31-32-33-35-37-39-41-43-45-47-49-56(59)65-54(53-64-66(60,61)63-51-50-57)52-62-55(58)48-46-44-42-40-38-36-34-20-18-16-14-12-10-8-6-4-2/h15,17,20-22,34,54H,3-14,16,18-19,23-33,35-53,57H2,1-2H3,(H,60,61)/b17-15-,22-21-,34-20-. The van der Waals surface area contributed by atoms with Crippen molar-refractivity contribution in [2.75, 3.05) is 26.4 Å². The number of allylic oxidation sites excluding steroid dienone is 6. The molecule has 0 aliphatic carbocycles. The number of hydrogen-bond acceptors (Lipinski definition) is 8. The molecule has 0 spiro atoms. The van der Waals surface area contributed by atoms with Crippen LogP contribution in [0.3, 0.4) is 0 Å². The second-order valence-corrected chi connectivity index (χ2v) is 20.3. The minimum absolute atomic E-state index is 0.0535. The maximum atomic E-state index is 12.7. The highest BCUT2D eigenvalue weighted by molar-refractivity contribution is 7.47. The van der Waals surface area contributed by atoms with E-state index in [0.717, 1.165) is 57.8 Å². The number of carbonyl (C=O) groups is 2. The molecule has 2 atom stereocenters. The van der Waals surface area contributed by atoms with Gasteiger partial charge in [-0.15, -0.1) is 0 Å². The highest BCUT2D eigenvalue weighted by atomic mass is 31.2. The van der Waals surface area contributed by atoms with Gasteiger partial charge in [-0.05, 0) is 70.6 Å². The van der Waals surface area contributed by atoms with E-state index in [-0.39, 0.29) is 38.6 Å². The van der Waals surface area contributed by atoms with Gasteiger partial charge in [0.25, 0.3) is 0 Å². The zero-order valence-corrected chi connectivity index (χ0v) is 44.1. The lowest BCUT2D eigenvalue weighted by molar-refractivity contribution is -0.161. The van der Waals surface area contributed by atoms with E-state index in [9.17, 15) is 19.0 Å². The first kappa shape index (κ1) is 64.2. The third-order valence-corrected chi connectivity index (χ3v) is 13.2. The van der Waals surface area contributed by atoms with Gasteiger partial charge in [-0.25, -0.2) is 4.57 Å². The van der Waals surface area contributed by atoms with Gasteiger partial charge >= 0.3 is 19.8 Å². The Morgan fingerprint density at radius 3 is 1.17 bits per heavy atom. The minimum Gasteiger partial charge on any atom is -0.462 e. The van der Waals surface area contributed by atoms with Crippen LogP contribution in [0.4, 0.5) is 0 Å². The Morgan fingerprint density at radius 1 is 0.455 bits per heavy atom. The van der Waals surface area contributed by atoms with Crippen molar-refractivity contribution in [2.24, 2.45) is 5.73 Å². The van der Waals surface area contributed by atoms with Crippen molar-refractivity contribution >= 4 is 19.8 Å². The van der Waals surface area contributed by atoms with Crippen LogP contribution in [0.1, 0.15) is 277 Å². The smallest absolute Gasteiger partial charge is 0.462 e. The van der Waals surface area contributed by atoms with Gasteiger partial charge in [0.1, 0.15) is 6.61 Å². The second-order valence-electron chi connectivity index (χ2n) is 18.8. The monoisotopic (exact) mass is 952 g/mol. The van der Waals surface area contributed by atoms with Crippen LogP contribution in [0, 0.1) is 0 Å². The topological polar surface area (TPSA) is 134 Å². The third-order valence-electron chi connectivity index (χ3n) is 12.2. The van der Waals surface area contributed by atoms with Crippen molar-refractivity contribution in [1.29, 1.82) is 0 Å². The minimum atomic E-state index is -4.38. The summed E-state index contributed by atoms with van der Waals surface area (Å²) in [6.45, 7) is 3.75. The summed E-state index contributed by atoms with van der Waals surface area (Å²) in [6.07, 6.45) is 62.0. The first-order valence-corrected chi connectivity index (χ1v) is 29.5. The molecule has 3 N–H and O–H groups in total. The number of hydrogen-bond donors (Lipinski definition) is 2. The van der Waals surface area contributed by atoms with Crippen molar-refractivity contribution < 1.29 is 37.6 Å². The number of carbonyl (C=O) groups excluding carboxylic acids is 2. The fourth-order valence-electron chi connectivity index (χ4n) is 8.07. The van der Waals surface area contributed by atoms with Crippen LogP contribution in [-0.4, -0.2) is 49.3 Å². The van der Waals surface area contributed by atoms with Gasteiger partial charge in [-0.2, -0.15) is 0 Å². The molecular weight excluding hydrogens is 846 g/mol. The average molecular weight is 952 g/mol. The molecular formula is C56H106NO8P. The molecule has 0 aromatic carbocycles. The highest BCUT2D eigenvalue weighted by Crippen LogP contribution is 2.43. The summed E-state index contributed by atoms with van der Waals surface area (Å²) in [7, 11) is -4.38. The van der Waals surface area contributed by atoms with E-state index in [1.54, 1.807) is 0 Å². The molecule has 66 heavy (non-hydrogen) atoms. The lowest BCUT2D eigenvalue weighted by Crippen LogP contribution is -2.29. The molecule has 0 bridgehead atoms. The van der Waals surface area contributed by atoms with Gasteiger partial charge in [0.15, 0.2) is 6.10 Å². The number of unbranched alkanes of at least 4 members (excludes halogenated alkanes) is 34. The molecule has 0 fully saturated rings. The molecule has 2 unspecified atom stereocenters. The number of ether oxygens (including phenoxy) is 2. The Hall–Kier alpha value is -1.77. The largest absolute Gasteiger partial charge is 0.472 e. The molecule has 0 radical (unpaired) electrons. The Balaban J connectivity index is 3.93. The molecule has 0 saturated carbocycles. The summed E-state index contributed by atoms with van der Waals surface area (Å²) in [5.41, 5.74) is 5.37. The van der Waals surface area contributed by atoms with Crippen LogP contribution in [0.25, 0.3) is 0 Å². The summed E-state index contributed by atoms with van der Waals surface area (Å²) in [5, 5.41) is 0. The molecule has 9 nitrogen and oxygen atoms in total. The SMILES string of the molecule is CCCCCCC/C=C\C/C=C\CCCCCCCCCCCCCCCCCCCC(=O)OC(COC(=O)CCCCCCC/C=C\CCCCCCCCC)COP(=O)(O)OCCN. The van der Waals surface area contributed by atoms with Crippen LogP contribution < -0.4 is 5.73 Å². The Kier molecular flexibility index (Phi) is 51.2. The summed E-state index contributed by atoms with van der Waals surface area (Å²) in [6, 6.07) is 0. The predicted molar refractivity (Wildman–Crippen MR) is 280 cm³/mol. The quantitative estimate of drug-likeness (QED) is 0.0264. The predicted octanol–water partition coefficient (Wildman–Crippen LogP) is 17.2. The molecule has 0 heterocycles. The van der Waals surface area contributed by atoms with Gasteiger partial charge in [0.05, 0.1) is 13.2 Å². The maximum absolute atomic E-state index is 12.7. The molecule has 0 aliphatic rings. The Bertz CT molecular complexity index is 1180. The zero-order valence-electron chi connectivity index (χ0n) is 43.2. The summed E-state index contributed by atoms with van der Waals surface area (Å²) in [4.78, 5) is 35.1. The number of nitrogens with two attached hydrogens (primary N) is 1. The van der Waals surface area contributed by atoms with E-state index in [0.29, 0.717) is 6.42 Å². The van der Waals surface area contributed by atoms with Crippen molar-refractivity contribution in [2.45, 2.75) is 283 Å². The van der Waals surface area contributed by atoms with Crippen molar-refractivity contribution in [3.8, 4) is 0 Å². The fourth-order valence-corrected chi connectivity index (χ4v) is 8.84. The van der Waals surface area contributed by atoms with Crippen LogP contribution in [0.5, 0.6) is 0 Å². The van der Waals surface area contributed by atoms with E-state index < -0.39 is 26.5 Å². The normalized spacial score (nSPS) is 13.3. The lowest BCUT2D eigenvalue weighted by Gasteiger charge is -2.19. The van der Waals surface area contributed by atoms with Crippen LogP contribution in [-0.2, 0) is 32.7 Å².